The fraction of sp³-hybridized carbons (Fsp3) is 0.100. The molecule has 1 aromatic heterocycles. The highest BCUT2D eigenvalue weighted by molar-refractivity contribution is 9.10. The van der Waals surface area contributed by atoms with E-state index in [-0.39, 0.29) is 0 Å². The number of aromatic nitrogens is 2. The van der Waals surface area contributed by atoms with Crippen molar-refractivity contribution in [2.45, 2.75) is 0 Å². The maximum atomic E-state index is 11.4. The Morgan fingerprint density at radius 2 is 2.33 bits per heavy atom. The van der Waals surface area contributed by atoms with Crippen molar-refractivity contribution in [1.29, 1.82) is 5.26 Å². The fourth-order valence-corrected chi connectivity index (χ4v) is 2.17. The Morgan fingerprint density at radius 1 is 1.60 bits per heavy atom. The summed E-state index contributed by atoms with van der Waals surface area (Å²) in [4.78, 5) is 11.4. The summed E-state index contributed by atoms with van der Waals surface area (Å²) in [6.45, 7) is 0. The average Bonchev–Trinajstić information content (AvgIpc) is 2.54. The van der Waals surface area contributed by atoms with Crippen molar-refractivity contribution in [2.24, 2.45) is 7.05 Å². The smallest absolute Gasteiger partial charge is 0.262 e. The summed E-state index contributed by atoms with van der Waals surface area (Å²) >= 11 is 3.27. The third-order valence-electron chi connectivity index (χ3n) is 2.18. The highest BCUT2D eigenvalue weighted by Gasteiger charge is 2.15. The second kappa shape index (κ2) is 3.48. The van der Waals surface area contributed by atoms with Gasteiger partial charge in [0.2, 0.25) is 0 Å². The third-order valence-corrected chi connectivity index (χ3v) is 2.74. The van der Waals surface area contributed by atoms with Crippen molar-refractivity contribution < 1.29 is 4.79 Å². The lowest BCUT2D eigenvalue weighted by atomic mass is 10.1. The van der Waals surface area contributed by atoms with Crippen LogP contribution in [-0.4, -0.2) is 15.6 Å². The van der Waals surface area contributed by atoms with E-state index >= 15 is 0 Å². The van der Waals surface area contributed by atoms with E-state index in [4.69, 9.17) is 5.26 Å². The van der Waals surface area contributed by atoms with Crippen LogP contribution in [0.15, 0.2) is 22.8 Å². The Hall–Kier alpha value is -1.67. The molecule has 0 unspecified atom stereocenters. The number of halogens is 1. The molecular weight excluding hydrogens is 258 g/mol. The number of carbonyl (C=O) groups is 1. The van der Waals surface area contributed by atoms with Crippen LogP contribution in [-0.2, 0) is 7.05 Å². The highest BCUT2D eigenvalue weighted by atomic mass is 79.9. The molecule has 0 N–H and O–H groups in total. The lowest BCUT2D eigenvalue weighted by Crippen LogP contribution is -1.95. The molecule has 5 heteroatoms. The molecule has 1 aromatic carbocycles. The second-order valence-corrected chi connectivity index (χ2v) is 3.81. The van der Waals surface area contributed by atoms with Crippen LogP contribution >= 0.6 is 15.9 Å². The summed E-state index contributed by atoms with van der Waals surface area (Å²) in [6, 6.07) is 6.82. The lowest BCUT2D eigenvalue weighted by molar-refractivity contribution is 0.105. The molecule has 0 radical (unpaired) electrons. The van der Waals surface area contributed by atoms with E-state index < -0.39 is 5.78 Å². The number of nitriles is 1. The molecule has 74 valence electrons. The predicted octanol–water partition coefficient (Wildman–Crippen LogP) is 2.04. The maximum Gasteiger partial charge on any atom is 0.262 e. The molecule has 0 saturated carbocycles. The van der Waals surface area contributed by atoms with E-state index in [2.05, 4.69) is 21.0 Å². The topological polar surface area (TPSA) is 58.7 Å². The summed E-state index contributed by atoms with van der Waals surface area (Å²) in [5, 5.41) is 13.4. The van der Waals surface area contributed by atoms with Crippen molar-refractivity contribution in [3.05, 3.63) is 28.4 Å². The molecule has 0 aliphatic rings. The Kier molecular flexibility index (Phi) is 2.29. The zero-order chi connectivity index (χ0) is 11.0. The van der Waals surface area contributed by atoms with E-state index in [0.717, 1.165) is 5.52 Å². The van der Waals surface area contributed by atoms with E-state index in [1.165, 1.54) is 0 Å². The van der Waals surface area contributed by atoms with Crippen molar-refractivity contribution in [2.75, 3.05) is 0 Å². The van der Waals surface area contributed by atoms with Crippen LogP contribution in [0.3, 0.4) is 0 Å². The average molecular weight is 264 g/mol. The molecule has 0 amide bonds. The first kappa shape index (κ1) is 9.87. The molecule has 2 rings (SSSR count). The van der Waals surface area contributed by atoms with Gasteiger partial charge in [-0.3, -0.25) is 9.48 Å². The Balaban J connectivity index is 2.88. The van der Waals surface area contributed by atoms with Crippen LogP contribution in [0.5, 0.6) is 0 Å². The van der Waals surface area contributed by atoms with Crippen LogP contribution in [0, 0.1) is 11.3 Å². The minimum Gasteiger partial charge on any atom is -0.277 e. The number of hydrogen-bond donors (Lipinski definition) is 0. The summed E-state index contributed by atoms with van der Waals surface area (Å²) in [5.41, 5.74) is 1.21. The molecule has 4 nitrogen and oxygen atoms in total. The van der Waals surface area contributed by atoms with Gasteiger partial charge in [0.25, 0.3) is 5.78 Å². The van der Waals surface area contributed by atoms with E-state index in [1.54, 1.807) is 29.9 Å². The Bertz CT molecular complexity index is 594. The SMILES string of the molecule is Cn1nc(Br)c2c(C(=O)C#N)cccc21. The molecule has 0 aliphatic heterocycles. The van der Waals surface area contributed by atoms with Gasteiger partial charge < -0.3 is 0 Å². The molecule has 0 spiro atoms. The van der Waals surface area contributed by atoms with Gasteiger partial charge in [0.15, 0.2) is 0 Å². The molecule has 15 heavy (non-hydrogen) atoms. The first-order valence-electron chi connectivity index (χ1n) is 4.21. The minimum atomic E-state index is -0.547. The first-order valence-corrected chi connectivity index (χ1v) is 5.00. The normalized spacial score (nSPS) is 10.2. The highest BCUT2D eigenvalue weighted by Crippen LogP contribution is 2.26. The van der Waals surface area contributed by atoms with Crippen molar-refractivity contribution in [3.63, 3.8) is 0 Å². The molecular formula is C10H6BrN3O. The van der Waals surface area contributed by atoms with Crippen LogP contribution in [0.1, 0.15) is 10.4 Å². The van der Waals surface area contributed by atoms with Crippen LogP contribution in [0.4, 0.5) is 0 Å². The number of nitrogens with zero attached hydrogens (tertiary/aromatic N) is 3. The van der Waals surface area contributed by atoms with Gasteiger partial charge in [-0.15, -0.1) is 0 Å². The maximum absolute atomic E-state index is 11.4. The summed E-state index contributed by atoms with van der Waals surface area (Å²) in [7, 11) is 1.79. The monoisotopic (exact) mass is 263 g/mol. The van der Waals surface area contributed by atoms with Gasteiger partial charge in [0.05, 0.1) is 5.52 Å². The lowest BCUT2D eigenvalue weighted by Gasteiger charge is -1.97. The Morgan fingerprint density at radius 3 is 3.00 bits per heavy atom. The molecule has 1 heterocycles. The van der Waals surface area contributed by atoms with Gasteiger partial charge in [0, 0.05) is 18.0 Å². The van der Waals surface area contributed by atoms with E-state index in [9.17, 15) is 4.79 Å². The number of Topliss-reactive ketones (excluding diaryl/α,β-unsaturated/α-hetero) is 1. The van der Waals surface area contributed by atoms with E-state index in [1.807, 2.05) is 6.07 Å². The van der Waals surface area contributed by atoms with E-state index in [0.29, 0.717) is 15.6 Å². The van der Waals surface area contributed by atoms with Crippen LogP contribution < -0.4 is 0 Å². The number of rotatable bonds is 1. The van der Waals surface area contributed by atoms with Crippen molar-refractivity contribution >= 4 is 32.6 Å². The molecule has 2 aromatic rings. The number of ketones is 1. The van der Waals surface area contributed by atoms with Crippen molar-refractivity contribution in [1.82, 2.24) is 9.78 Å². The number of hydrogen-bond acceptors (Lipinski definition) is 3. The van der Waals surface area contributed by atoms with Crippen LogP contribution in [0.2, 0.25) is 0 Å². The summed E-state index contributed by atoms with van der Waals surface area (Å²) < 4.78 is 2.24. The third kappa shape index (κ3) is 1.43. The number of benzene rings is 1. The number of aryl methyl sites for hydroxylation is 1. The van der Waals surface area contributed by atoms with Crippen LogP contribution in [0.25, 0.3) is 10.9 Å². The van der Waals surface area contributed by atoms with Gasteiger partial charge in [-0.05, 0) is 28.1 Å². The zero-order valence-electron chi connectivity index (χ0n) is 7.86. The van der Waals surface area contributed by atoms with Gasteiger partial charge >= 0.3 is 0 Å². The quantitative estimate of drug-likeness (QED) is 0.585. The van der Waals surface area contributed by atoms with Crippen molar-refractivity contribution in [3.8, 4) is 6.07 Å². The molecule has 0 aliphatic carbocycles. The zero-order valence-corrected chi connectivity index (χ0v) is 9.45. The van der Waals surface area contributed by atoms with Gasteiger partial charge in [0.1, 0.15) is 10.7 Å². The number of carbonyl (C=O) groups excluding carboxylic acids is 1. The fourth-order valence-electron chi connectivity index (χ4n) is 1.51. The van der Waals surface area contributed by atoms with Gasteiger partial charge in [-0.1, -0.05) is 6.07 Å². The predicted molar refractivity (Wildman–Crippen MR) is 58.4 cm³/mol. The first-order chi connectivity index (χ1) is 7.15. The largest absolute Gasteiger partial charge is 0.277 e. The molecule has 0 bridgehead atoms. The van der Waals surface area contributed by atoms with Gasteiger partial charge in [-0.2, -0.15) is 10.4 Å². The standard InChI is InChI=1S/C10H6BrN3O/c1-14-7-4-2-3-6(8(15)5-12)9(7)10(11)13-14/h2-4H,1H3. The molecule has 0 fully saturated rings. The minimum absolute atomic E-state index is 0.384. The van der Waals surface area contributed by atoms with Gasteiger partial charge in [-0.25, -0.2) is 0 Å². The Labute approximate surface area is 94.2 Å². The molecule has 0 atom stereocenters. The summed E-state index contributed by atoms with van der Waals surface area (Å²) in [5.74, 6) is -0.547. The summed E-state index contributed by atoms with van der Waals surface area (Å²) in [6.07, 6.45) is 0. The number of fused-ring (bicyclic) bond motifs is 1. The second-order valence-electron chi connectivity index (χ2n) is 3.06. The molecule has 0 saturated heterocycles.